The second kappa shape index (κ2) is 3.87. The van der Waals surface area contributed by atoms with Crippen molar-refractivity contribution in [1.82, 2.24) is 25.4 Å². The van der Waals surface area contributed by atoms with Crippen molar-refractivity contribution in [2.45, 2.75) is 0 Å². The van der Waals surface area contributed by atoms with Gasteiger partial charge in [0.15, 0.2) is 0 Å². The van der Waals surface area contributed by atoms with E-state index in [2.05, 4.69) is 30.1 Å². The van der Waals surface area contributed by atoms with Crippen LogP contribution in [-0.2, 0) is 0 Å². The van der Waals surface area contributed by atoms with Crippen LogP contribution in [0.1, 0.15) is 0 Å². The molecule has 0 aromatic carbocycles. The molecule has 0 saturated heterocycles. The third kappa shape index (κ3) is 1.67. The summed E-state index contributed by atoms with van der Waals surface area (Å²) < 4.78 is 22.1. The van der Waals surface area contributed by atoms with Gasteiger partial charge < -0.3 is 10.3 Å². The molecule has 8 nitrogen and oxygen atoms in total. The summed E-state index contributed by atoms with van der Waals surface area (Å²) in [6.45, 7) is 0. The summed E-state index contributed by atoms with van der Waals surface area (Å²) in [5, 5.41) is 10.6. The maximum atomic E-state index is 12.7. The van der Waals surface area contributed by atoms with Gasteiger partial charge in [-0.05, 0) is 22.4 Å². The molecule has 3 rings (SSSR count). The van der Waals surface area contributed by atoms with Crippen LogP contribution < -0.4 is 5.73 Å². The van der Waals surface area contributed by atoms with E-state index >= 15 is 0 Å². The molecule has 3 aromatic heterocycles. The molecule has 0 aliphatic rings. The second-order valence-electron chi connectivity index (χ2n) is 3.28. The van der Waals surface area contributed by atoms with Crippen molar-refractivity contribution in [2.75, 3.05) is 5.73 Å². The first-order valence-corrected chi connectivity index (χ1v) is 4.78. The van der Waals surface area contributed by atoms with Gasteiger partial charge in [0.05, 0.1) is 6.20 Å². The number of pyridine rings is 1. The molecule has 0 aliphatic carbocycles. The van der Waals surface area contributed by atoms with Gasteiger partial charge in [0, 0.05) is 0 Å². The quantitative estimate of drug-likeness (QED) is 0.710. The van der Waals surface area contributed by atoms with Crippen molar-refractivity contribution in [3.05, 3.63) is 24.1 Å². The topological polar surface area (TPSA) is 117 Å². The Morgan fingerprint density at radius 2 is 2.06 bits per heavy atom. The third-order valence-corrected chi connectivity index (χ3v) is 2.10. The lowest BCUT2D eigenvalue weighted by molar-refractivity contribution is 0.308. The molecule has 0 radical (unpaired) electrons. The highest BCUT2D eigenvalue weighted by atomic mass is 19.1. The molecule has 9 heteroatoms. The molecule has 0 aliphatic heterocycles. The molecular formula is C9H5FN6O2. The van der Waals surface area contributed by atoms with Crippen LogP contribution in [0, 0.1) is 5.82 Å². The summed E-state index contributed by atoms with van der Waals surface area (Å²) >= 11 is 0. The van der Waals surface area contributed by atoms with Crippen molar-refractivity contribution < 1.29 is 13.5 Å². The van der Waals surface area contributed by atoms with Gasteiger partial charge >= 0.3 is 0 Å². The lowest BCUT2D eigenvalue weighted by atomic mass is 10.3. The van der Waals surface area contributed by atoms with E-state index in [0.717, 1.165) is 6.20 Å². The number of nitrogen functional groups attached to an aromatic ring is 1. The molecule has 2 N–H and O–H groups in total. The van der Waals surface area contributed by atoms with Gasteiger partial charge in [-0.2, -0.15) is 4.98 Å². The first-order valence-electron chi connectivity index (χ1n) is 4.78. The maximum Gasteiger partial charge on any atom is 0.284 e. The first-order chi connectivity index (χ1) is 8.74. The van der Waals surface area contributed by atoms with Crippen LogP contribution in [0.2, 0.25) is 0 Å². The standard InChI is InChI=1S/C9H5FN6O2/c10-4-1-2-5(12-3-4)8-13-9(17-16-8)6-7(11)15-18-14-6/h1-3H,(H2,11,15). The van der Waals surface area contributed by atoms with Crippen LogP contribution in [0.15, 0.2) is 27.5 Å². The molecule has 18 heavy (non-hydrogen) atoms. The van der Waals surface area contributed by atoms with Gasteiger partial charge in [0.2, 0.25) is 17.3 Å². The van der Waals surface area contributed by atoms with E-state index in [1.165, 1.54) is 12.1 Å². The van der Waals surface area contributed by atoms with E-state index in [1.807, 2.05) is 0 Å². The number of hydrogen-bond acceptors (Lipinski definition) is 8. The largest absolute Gasteiger partial charge is 0.379 e. The summed E-state index contributed by atoms with van der Waals surface area (Å²) in [6.07, 6.45) is 1.05. The van der Waals surface area contributed by atoms with Crippen molar-refractivity contribution in [3.8, 4) is 23.1 Å². The Hall–Kier alpha value is -2.84. The molecule has 90 valence electrons. The Balaban J connectivity index is 1.99. The normalized spacial score (nSPS) is 10.7. The van der Waals surface area contributed by atoms with E-state index in [9.17, 15) is 4.39 Å². The van der Waals surface area contributed by atoms with Crippen LogP contribution in [-0.4, -0.2) is 25.4 Å². The zero-order valence-corrected chi connectivity index (χ0v) is 8.74. The molecule has 0 spiro atoms. The van der Waals surface area contributed by atoms with Crippen LogP contribution in [0.4, 0.5) is 10.2 Å². The first kappa shape index (κ1) is 10.3. The van der Waals surface area contributed by atoms with Gasteiger partial charge in [-0.1, -0.05) is 5.16 Å². The number of nitrogens with zero attached hydrogens (tertiary/aromatic N) is 5. The maximum absolute atomic E-state index is 12.7. The molecule has 3 aromatic rings. The van der Waals surface area contributed by atoms with Crippen LogP contribution in [0.3, 0.4) is 0 Å². The number of hydrogen-bond donors (Lipinski definition) is 1. The van der Waals surface area contributed by atoms with E-state index in [0.29, 0.717) is 5.69 Å². The highest BCUT2D eigenvalue weighted by Gasteiger charge is 2.18. The smallest absolute Gasteiger partial charge is 0.284 e. The zero-order valence-electron chi connectivity index (χ0n) is 8.74. The van der Waals surface area contributed by atoms with E-state index in [4.69, 9.17) is 10.3 Å². The summed E-state index contributed by atoms with van der Waals surface area (Å²) in [7, 11) is 0. The van der Waals surface area contributed by atoms with Crippen LogP contribution >= 0.6 is 0 Å². The minimum Gasteiger partial charge on any atom is -0.379 e. The molecule has 0 unspecified atom stereocenters. The second-order valence-corrected chi connectivity index (χ2v) is 3.28. The minimum atomic E-state index is -0.451. The van der Waals surface area contributed by atoms with Crippen molar-refractivity contribution in [2.24, 2.45) is 0 Å². The fraction of sp³-hybridized carbons (Fsp3) is 0. The molecule has 0 fully saturated rings. The van der Waals surface area contributed by atoms with Gasteiger partial charge in [-0.15, -0.1) is 0 Å². The highest BCUT2D eigenvalue weighted by molar-refractivity contribution is 5.62. The number of halogens is 1. The third-order valence-electron chi connectivity index (χ3n) is 2.10. The Labute approximate surface area is 98.6 Å². The molecule has 3 heterocycles. The van der Waals surface area contributed by atoms with Gasteiger partial charge in [-0.25, -0.2) is 14.0 Å². The van der Waals surface area contributed by atoms with Crippen molar-refractivity contribution in [3.63, 3.8) is 0 Å². The monoisotopic (exact) mass is 248 g/mol. The Morgan fingerprint density at radius 1 is 1.17 bits per heavy atom. The van der Waals surface area contributed by atoms with Crippen LogP contribution in [0.25, 0.3) is 23.1 Å². The summed E-state index contributed by atoms with van der Waals surface area (Å²) in [4.78, 5) is 7.82. The molecule has 0 amide bonds. The van der Waals surface area contributed by atoms with Gasteiger partial charge in [0.25, 0.3) is 5.89 Å². The van der Waals surface area contributed by atoms with Crippen molar-refractivity contribution in [1.29, 1.82) is 0 Å². The lowest BCUT2D eigenvalue weighted by Crippen LogP contribution is -1.89. The summed E-state index contributed by atoms with van der Waals surface area (Å²) in [5.74, 6) is -0.174. The number of anilines is 1. The fourth-order valence-corrected chi connectivity index (χ4v) is 1.28. The summed E-state index contributed by atoms with van der Waals surface area (Å²) in [5.41, 5.74) is 5.99. The van der Waals surface area contributed by atoms with E-state index in [-0.39, 0.29) is 23.2 Å². The Bertz CT molecular complexity index is 676. The highest BCUT2D eigenvalue weighted by Crippen LogP contribution is 2.22. The molecular weight excluding hydrogens is 243 g/mol. The van der Waals surface area contributed by atoms with Gasteiger partial charge in [0.1, 0.15) is 11.5 Å². The fourth-order valence-electron chi connectivity index (χ4n) is 1.28. The molecule has 0 saturated carbocycles. The van der Waals surface area contributed by atoms with Crippen molar-refractivity contribution >= 4 is 5.82 Å². The number of nitrogens with two attached hydrogens (primary N) is 1. The predicted molar refractivity (Wildman–Crippen MR) is 55.2 cm³/mol. The Morgan fingerprint density at radius 3 is 2.72 bits per heavy atom. The SMILES string of the molecule is Nc1nonc1-c1nc(-c2ccc(F)cn2)no1. The average molecular weight is 248 g/mol. The zero-order chi connectivity index (χ0) is 12.5. The number of aromatic nitrogens is 5. The van der Waals surface area contributed by atoms with Crippen LogP contribution in [0.5, 0.6) is 0 Å². The molecule has 0 bridgehead atoms. The predicted octanol–water partition coefficient (Wildman–Crippen LogP) is 0.903. The molecule has 0 atom stereocenters. The Kier molecular flexibility index (Phi) is 2.22. The lowest BCUT2D eigenvalue weighted by Gasteiger charge is -1.91. The minimum absolute atomic E-state index is 0.0391. The van der Waals surface area contributed by atoms with E-state index in [1.54, 1.807) is 0 Å². The average Bonchev–Trinajstić information content (AvgIpc) is 2.98. The number of rotatable bonds is 2. The van der Waals surface area contributed by atoms with E-state index < -0.39 is 5.82 Å². The van der Waals surface area contributed by atoms with Gasteiger partial charge in [-0.3, -0.25) is 0 Å². The summed E-state index contributed by atoms with van der Waals surface area (Å²) in [6, 6.07) is 2.67.